The number of rotatable bonds is 5. The molecule has 0 fully saturated rings. The normalized spacial score (nSPS) is 15.8. The first-order valence-corrected chi connectivity index (χ1v) is 8.92. The first-order chi connectivity index (χ1) is 13.5. The van der Waals surface area contributed by atoms with Gasteiger partial charge in [-0.1, -0.05) is 42.5 Å². The van der Waals surface area contributed by atoms with E-state index in [0.717, 1.165) is 16.0 Å². The monoisotopic (exact) mass is 372 g/mol. The van der Waals surface area contributed by atoms with Crippen LogP contribution in [0.5, 0.6) is 5.75 Å². The number of hydrogen-bond donors (Lipinski definition) is 0. The zero-order valence-corrected chi connectivity index (χ0v) is 15.8. The molecular formula is C23H20N2O3. The average molecular weight is 372 g/mol. The molecule has 0 spiro atoms. The number of methoxy groups -OCH3 is 1. The van der Waals surface area contributed by atoms with Crippen molar-refractivity contribution in [3.63, 3.8) is 0 Å². The van der Waals surface area contributed by atoms with Gasteiger partial charge in [-0.3, -0.25) is 14.5 Å². The van der Waals surface area contributed by atoms with E-state index in [2.05, 4.69) is 0 Å². The molecule has 2 aromatic rings. The minimum Gasteiger partial charge on any atom is -0.497 e. The van der Waals surface area contributed by atoms with E-state index in [1.165, 1.54) is 0 Å². The summed E-state index contributed by atoms with van der Waals surface area (Å²) in [5.41, 5.74) is 2.58. The van der Waals surface area contributed by atoms with Gasteiger partial charge < -0.3 is 4.74 Å². The summed E-state index contributed by atoms with van der Waals surface area (Å²) in [4.78, 5) is 26.8. The number of ether oxygens (including phenoxy) is 1. The summed E-state index contributed by atoms with van der Waals surface area (Å²) in [5, 5.41) is 9.46. The fourth-order valence-corrected chi connectivity index (χ4v) is 3.09. The SMILES string of the molecule is COc1ccc(/C=C2/C(=O)N(CCc3ccccc3)C(=O)C(C#N)=C2C)cc1. The van der Waals surface area contributed by atoms with Crippen LogP contribution >= 0.6 is 0 Å². The van der Waals surface area contributed by atoms with Crippen LogP contribution in [0.15, 0.2) is 71.3 Å². The van der Waals surface area contributed by atoms with E-state index in [9.17, 15) is 14.9 Å². The summed E-state index contributed by atoms with van der Waals surface area (Å²) in [6.07, 6.45) is 2.24. The number of nitrogens with zero attached hydrogens (tertiary/aromatic N) is 2. The highest BCUT2D eigenvalue weighted by molar-refractivity contribution is 6.19. The van der Waals surface area contributed by atoms with E-state index in [1.54, 1.807) is 32.2 Å². The van der Waals surface area contributed by atoms with Crippen LogP contribution in [0.2, 0.25) is 0 Å². The maximum Gasteiger partial charge on any atom is 0.271 e. The Morgan fingerprint density at radius 2 is 1.71 bits per heavy atom. The zero-order valence-electron chi connectivity index (χ0n) is 15.8. The lowest BCUT2D eigenvalue weighted by molar-refractivity contribution is -0.140. The van der Waals surface area contributed by atoms with Crippen molar-refractivity contribution in [1.29, 1.82) is 5.26 Å². The third-order valence-corrected chi connectivity index (χ3v) is 4.72. The number of carbonyl (C=O) groups excluding carboxylic acids is 2. The molecule has 1 heterocycles. The van der Waals surface area contributed by atoms with Gasteiger partial charge in [-0.2, -0.15) is 5.26 Å². The molecule has 2 amide bonds. The van der Waals surface area contributed by atoms with Gasteiger partial charge in [0.2, 0.25) is 0 Å². The smallest absolute Gasteiger partial charge is 0.271 e. The van der Waals surface area contributed by atoms with Crippen LogP contribution in [0.1, 0.15) is 18.1 Å². The van der Waals surface area contributed by atoms with Crippen LogP contribution in [0.25, 0.3) is 6.08 Å². The first kappa shape index (κ1) is 19.1. The number of imide groups is 1. The summed E-state index contributed by atoms with van der Waals surface area (Å²) in [6.45, 7) is 1.86. The van der Waals surface area contributed by atoms with Crippen LogP contribution < -0.4 is 4.74 Å². The number of amides is 2. The molecule has 3 rings (SSSR count). The number of benzene rings is 2. The molecule has 140 valence electrons. The van der Waals surface area contributed by atoms with Crippen molar-refractivity contribution in [2.45, 2.75) is 13.3 Å². The van der Waals surface area contributed by atoms with Crippen molar-refractivity contribution in [3.8, 4) is 11.8 Å². The summed E-state index contributed by atoms with van der Waals surface area (Å²) in [7, 11) is 1.58. The van der Waals surface area contributed by atoms with Crippen LogP contribution in [0, 0.1) is 11.3 Å². The molecule has 0 atom stereocenters. The van der Waals surface area contributed by atoms with Gasteiger partial charge in [0.1, 0.15) is 17.4 Å². The van der Waals surface area contributed by atoms with Gasteiger partial charge in [-0.05, 0) is 48.3 Å². The van der Waals surface area contributed by atoms with Crippen molar-refractivity contribution >= 4 is 17.9 Å². The molecule has 0 N–H and O–H groups in total. The Hall–Kier alpha value is -3.65. The number of carbonyl (C=O) groups is 2. The van der Waals surface area contributed by atoms with Crippen LogP contribution in [0.4, 0.5) is 0 Å². The highest BCUT2D eigenvalue weighted by Gasteiger charge is 2.35. The van der Waals surface area contributed by atoms with Crippen LogP contribution in [-0.4, -0.2) is 30.4 Å². The van der Waals surface area contributed by atoms with E-state index < -0.39 is 5.91 Å². The molecule has 0 aromatic heterocycles. The highest BCUT2D eigenvalue weighted by Crippen LogP contribution is 2.27. The van der Waals surface area contributed by atoms with Crippen molar-refractivity contribution in [2.24, 2.45) is 0 Å². The van der Waals surface area contributed by atoms with E-state index in [-0.39, 0.29) is 18.0 Å². The number of nitriles is 1. The molecule has 0 saturated carbocycles. The molecule has 0 bridgehead atoms. The molecule has 5 heteroatoms. The van der Waals surface area contributed by atoms with Crippen molar-refractivity contribution in [2.75, 3.05) is 13.7 Å². The molecule has 0 radical (unpaired) electrons. The van der Waals surface area contributed by atoms with E-state index >= 15 is 0 Å². The standard InChI is InChI=1S/C23H20N2O3/c1-16-20(14-18-8-10-19(28-2)11-9-18)22(26)25(23(27)21(16)15-24)13-12-17-6-4-3-5-7-17/h3-11,14H,12-13H2,1-2H3/b20-14+. The van der Waals surface area contributed by atoms with E-state index in [4.69, 9.17) is 4.74 Å². The Morgan fingerprint density at radius 1 is 1.04 bits per heavy atom. The predicted molar refractivity (Wildman–Crippen MR) is 106 cm³/mol. The van der Waals surface area contributed by atoms with Crippen molar-refractivity contribution in [3.05, 3.63) is 82.4 Å². The van der Waals surface area contributed by atoms with E-state index in [1.807, 2.05) is 48.5 Å². The maximum atomic E-state index is 13.0. The van der Waals surface area contributed by atoms with Gasteiger partial charge in [-0.25, -0.2) is 0 Å². The first-order valence-electron chi connectivity index (χ1n) is 8.92. The average Bonchev–Trinajstić information content (AvgIpc) is 2.72. The van der Waals surface area contributed by atoms with Gasteiger partial charge in [0.25, 0.3) is 11.8 Å². The Bertz CT molecular complexity index is 996. The Labute approximate surface area is 164 Å². The van der Waals surface area contributed by atoms with Crippen molar-refractivity contribution in [1.82, 2.24) is 4.90 Å². The Morgan fingerprint density at radius 3 is 2.32 bits per heavy atom. The fraction of sp³-hybridized carbons (Fsp3) is 0.174. The lowest BCUT2D eigenvalue weighted by Crippen LogP contribution is -2.43. The summed E-state index contributed by atoms with van der Waals surface area (Å²) in [5.74, 6) is -0.206. The molecule has 1 aliphatic rings. The third-order valence-electron chi connectivity index (χ3n) is 4.72. The van der Waals surface area contributed by atoms with Gasteiger partial charge >= 0.3 is 0 Å². The molecule has 5 nitrogen and oxygen atoms in total. The van der Waals surface area contributed by atoms with Crippen LogP contribution in [-0.2, 0) is 16.0 Å². The molecular weight excluding hydrogens is 352 g/mol. The van der Waals surface area contributed by atoms with E-state index in [0.29, 0.717) is 23.3 Å². The molecule has 0 unspecified atom stereocenters. The minimum atomic E-state index is -0.534. The second-order valence-electron chi connectivity index (χ2n) is 6.44. The van der Waals surface area contributed by atoms with Gasteiger partial charge in [-0.15, -0.1) is 0 Å². The molecule has 0 saturated heterocycles. The zero-order chi connectivity index (χ0) is 20.1. The highest BCUT2D eigenvalue weighted by atomic mass is 16.5. The lowest BCUT2D eigenvalue weighted by atomic mass is 9.93. The molecule has 1 aliphatic heterocycles. The Balaban J connectivity index is 1.93. The van der Waals surface area contributed by atoms with Gasteiger partial charge in [0.15, 0.2) is 0 Å². The third kappa shape index (κ3) is 3.86. The van der Waals surface area contributed by atoms with Gasteiger partial charge in [0, 0.05) is 12.1 Å². The second kappa shape index (κ2) is 8.36. The molecule has 28 heavy (non-hydrogen) atoms. The summed E-state index contributed by atoms with van der Waals surface area (Å²) < 4.78 is 5.15. The maximum absolute atomic E-state index is 13.0. The predicted octanol–water partition coefficient (Wildman–Crippen LogP) is 3.53. The quantitative estimate of drug-likeness (QED) is 0.595. The van der Waals surface area contributed by atoms with Gasteiger partial charge in [0.05, 0.1) is 7.11 Å². The fourth-order valence-electron chi connectivity index (χ4n) is 3.09. The topological polar surface area (TPSA) is 70.4 Å². The lowest BCUT2D eigenvalue weighted by Gasteiger charge is -2.27. The second-order valence-corrected chi connectivity index (χ2v) is 6.44. The Kier molecular flexibility index (Phi) is 5.71. The minimum absolute atomic E-state index is 0.00687. The van der Waals surface area contributed by atoms with Crippen LogP contribution in [0.3, 0.4) is 0 Å². The number of hydrogen-bond acceptors (Lipinski definition) is 4. The molecule has 2 aromatic carbocycles. The summed E-state index contributed by atoms with van der Waals surface area (Å²) in [6, 6.07) is 18.8. The summed E-state index contributed by atoms with van der Waals surface area (Å²) >= 11 is 0. The van der Waals surface area contributed by atoms with Crippen molar-refractivity contribution < 1.29 is 14.3 Å². The molecule has 0 aliphatic carbocycles. The largest absolute Gasteiger partial charge is 0.497 e.